The van der Waals surface area contributed by atoms with Crippen LogP contribution >= 0.6 is 11.8 Å². The molecule has 0 radical (unpaired) electrons. The lowest BCUT2D eigenvalue weighted by Crippen LogP contribution is -2.48. The van der Waals surface area contributed by atoms with Crippen LogP contribution in [0.1, 0.15) is 52.3 Å². The van der Waals surface area contributed by atoms with Crippen LogP contribution in [0.4, 0.5) is 0 Å². The molecule has 2 N–H and O–H groups in total. The molecule has 0 aliphatic carbocycles. The van der Waals surface area contributed by atoms with Gasteiger partial charge < -0.3 is 10.3 Å². The molecule has 2 rings (SSSR count). The highest BCUT2D eigenvalue weighted by Crippen LogP contribution is 2.38. The second-order valence-corrected chi connectivity index (χ2v) is 7.28. The molecule has 0 saturated carbocycles. The maximum atomic E-state index is 6.47. The topological polar surface area (TPSA) is 64.9 Å². The SMILES string of the molecule is CC1SCCCC1(N)c1noc(C(C)(C)C)n1. The van der Waals surface area contributed by atoms with E-state index in [0.29, 0.717) is 17.0 Å². The Kier molecular flexibility index (Phi) is 3.25. The standard InChI is InChI=1S/C12H21N3OS/c1-8-12(13,6-5-7-17-8)9-14-10(16-15-9)11(2,3)4/h8H,5-7,13H2,1-4H3. The zero-order valence-electron chi connectivity index (χ0n) is 11.0. The van der Waals surface area contributed by atoms with Gasteiger partial charge in [-0.25, -0.2) is 0 Å². The van der Waals surface area contributed by atoms with Crippen LogP contribution in [0.3, 0.4) is 0 Å². The minimum Gasteiger partial charge on any atom is -0.339 e. The maximum Gasteiger partial charge on any atom is 0.232 e. The van der Waals surface area contributed by atoms with Crippen molar-refractivity contribution in [3.05, 3.63) is 11.7 Å². The number of thioether (sulfide) groups is 1. The third kappa shape index (κ3) is 2.36. The van der Waals surface area contributed by atoms with Crippen molar-refractivity contribution in [2.24, 2.45) is 5.73 Å². The second kappa shape index (κ2) is 4.28. The highest BCUT2D eigenvalue weighted by molar-refractivity contribution is 8.00. The van der Waals surface area contributed by atoms with Gasteiger partial charge in [0.25, 0.3) is 0 Å². The zero-order chi connectivity index (χ0) is 12.7. The quantitative estimate of drug-likeness (QED) is 0.835. The fraction of sp³-hybridized carbons (Fsp3) is 0.833. The first-order valence-electron chi connectivity index (χ1n) is 6.09. The first-order chi connectivity index (χ1) is 7.84. The van der Waals surface area contributed by atoms with Crippen molar-refractivity contribution in [1.29, 1.82) is 0 Å². The molecule has 2 unspecified atom stereocenters. The predicted octanol–water partition coefficient (Wildman–Crippen LogP) is 2.44. The van der Waals surface area contributed by atoms with Crippen LogP contribution in [0.25, 0.3) is 0 Å². The summed E-state index contributed by atoms with van der Waals surface area (Å²) in [7, 11) is 0. The Bertz CT molecular complexity index is 399. The van der Waals surface area contributed by atoms with E-state index < -0.39 is 5.54 Å². The number of nitrogens with two attached hydrogens (primary N) is 1. The monoisotopic (exact) mass is 255 g/mol. The summed E-state index contributed by atoms with van der Waals surface area (Å²) in [6, 6.07) is 0. The van der Waals surface area contributed by atoms with Gasteiger partial charge in [-0.3, -0.25) is 0 Å². The lowest BCUT2D eigenvalue weighted by Gasteiger charge is -2.36. The number of hydrogen-bond acceptors (Lipinski definition) is 5. The Morgan fingerprint density at radius 3 is 2.71 bits per heavy atom. The van der Waals surface area contributed by atoms with Crippen molar-refractivity contribution in [2.45, 2.75) is 56.7 Å². The minimum atomic E-state index is -0.435. The van der Waals surface area contributed by atoms with Crippen molar-refractivity contribution < 1.29 is 4.52 Å². The Morgan fingerprint density at radius 2 is 2.18 bits per heavy atom. The van der Waals surface area contributed by atoms with E-state index in [1.54, 1.807) is 0 Å². The van der Waals surface area contributed by atoms with Gasteiger partial charge >= 0.3 is 0 Å². The molecule has 2 heterocycles. The highest BCUT2D eigenvalue weighted by Gasteiger charge is 2.41. The molecule has 5 heteroatoms. The molecule has 2 atom stereocenters. The molecule has 1 fully saturated rings. The molecule has 96 valence electrons. The molecular formula is C12H21N3OS. The van der Waals surface area contributed by atoms with Gasteiger partial charge in [0, 0.05) is 10.7 Å². The van der Waals surface area contributed by atoms with E-state index in [-0.39, 0.29) is 5.41 Å². The van der Waals surface area contributed by atoms with Crippen molar-refractivity contribution >= 4 is 11.8 Å². The average Bonchev–Trinajstić information content (AvgIpc) is 2.71. The van der Waals surface area contributed by atoms with E-state index in [1.165, 1.54) is 5.75 Å². The van der Waals surface area contributed by atoms with Crippen LogP contribution in [0.2, 0.25) is 0 Å². The minimum absolute atomic E-state index is 0.118. The molecule has 1 aromatic heterocycles. The van der Waals surface area contributed by atoms with Gasteiger partial charge in [-0.15, -0.1) is 0 Å². The Balaban J connectivity index is 2.30. The smallest absolute Gasteiger partial charge is 0.232 e. The molecular weight excluding hydrogens is 234 g/mol. The largest absolute Gasteiger partial charge is 0.339 e. The molecule has 17 heavy (non-hydrogen) atoms. The van der Waals surface area contributed by atoms with Crippen LogP contribution in [0.5, 0.6) is 0 Å². The molecule has 1 aliphatic heterocycles. The van der Waals surface area contributed by atoms with E-state index in [1.807, 2.05) is 11.8 Å². The van der Waals surface area contributed by atoms with E-state index in [4.69, 9.17) is 10.3 Å². The van der Waals surface area contributed by atoms with Gasteiger partial charge in [-0.1, -0.05) is 32.9 Å². The van der Waals surface area contributed by atoms with Gasteiger partial charge in [0.1, 0.15) is 0 Å². The van der Waals surface area contributed by atoms with E-state index in [2.05, 4.69) is 37.8 Å². The van der Waals surface area contributed by atoms with E-state index >= 15 is 0 Å². The summed E-state index contributed by atoms with van der Waals surface area (Å²) in [5, 5.41) is 4.44. The Morgan fingerprint density at radius 1 is 1.47 bits per heavy atom. The lowest BCUT2D eigenvalue weighted by molar-refractivity contribution is 0.302. The maximum absolute atomic E-state index is 6.47. The van der Waals surface area contributed by atoms with Crippen LogP contribution in [-0.2, 0) is 11.0 Å². The summed E-state index contributed by atoms with van der Waals surface area (Å²) in [4.78, 5) is 4.51. The van der Waals surface area contributed by atoms with E-state index in [0.717, 1.165) is 12.8 Å². The summed E-state index contributed by atoms with van der Waals surface area (Å²) >= 11 is 1.89. The first-order valence-corrected chi connectivity index (χ1v) is 7.14. The average molecular weight is 255 g/mol. The van der Waals surface area contributed by atoms with E-state index in [9.17, 15) is 0 Å². The third-order valence-electron chi connectivity index (χ3n) is 3.31. The van der Waals surface area contributed by atoms with Crippen LogP contribution in [-0.4, -0.2) is 21.1 Å². The molecule has 4 nitrogen and oxygen atoms in total. The van der Waals surface area contributed by atoms with Crippen molar-refractivity contribution in [2.75, 3.05) is 5.75 Å². The number of aromatic nitrogens is 2. The molecule has 0 aromatic carbocycles. The number of nitrogens with zero attached hydrogens (tertiary/aromatic N) is 2. The fourth-order valence-electron chi connectivity index (χ4n) is 1.99. The van der Waals surface area contributed by atoms with Crippen LogP contribution in [0.15, 0.2) is 4.52 Å². The molecule has 1 aliphatic rings. The van der Waals surface area contributed by atoms with Gasteiger partial charge in [-0.2, -0.15) is 16.7 Å². The normalized spacial score (nSPS) is 30.5. The molecule has 0 bridgehead atoms. The van der Waals surface area contributed by atoms with Crippen LogP contribution < -0.4 is 5.73 Å². The predicted molar refractivity (Wildman–Crippen MR) is 70.0 cm³/mol. The van der Waals surface area contributed by atoms with Crippen LogP contribution in [0, 0.1) is 0 Å². The lowest BCUT2D eigenvalue weighted by atomic mass is 9.89. The molecule has 0 amide bonds. The Labute approximate surface area is 107 Å². The van der Waals surface area contributed by atoms with Gasteiger partial charge in [0.2, 0.25) is 5.89 Å². The number of rotatable bonds is 1. The summed E-state index contributed by atoms with van der Waals surface area (Å²) in [5.74, 6) is 2.51. The van der Waals surface area contributed by atoms with Crippen molar-refractivity contribution in [3.8, 4) is 0 Å². The zero-order valence-corrected chi connectivity index (χ0v) is 11.8. The van der Waals surface area contributed by atoms with Crippen molar-refractivity contribution in [3.63, 3.8) is 0 Å². The third-order valence-corrected chi connectivity index (χ3v) is 4.76. The van der Waals surface area contributed by atoms with Crippen molar-refractivity contribution in [1.82, 2.24) is 10.1 Å². The Hall–Kier alpha value is -0.550. The summed E-state index contributed by atoms with van der Waals surface area (Å²) < 4.78 is 5.35. The van der Waals surface area contributed by atoms with Gasteiger partial charge in [-0.05, 0) is 18.6 Å². The number of hydrogen-bond donors (Lipinski definition) is 1. The highest BCUT2D eigenvalue weighted by atomic mass is 32.2. The van der Waals surface area contributed by atoms with Gasteiger partial charge in [0.15, 0.2) is 5.82 Å². The summed E-state index contributed by atoms with van der Waals surface area (Å²) in [6.45, 7) is 8.34. The molecule has 0 spiro atoms. The van der Waals surface area contributed by atoms with Gasteiger partial charge in [0.05, 0.1) is 5.54 Å². The molecule has 1 aromatic rings. The first kappa shape index (κ1) is 12.9. The second-order valence-electron chi connectivity index (χ2n) is 5.83. The fourth-order valence-corrected chi connectivity index (χ4v) is 3.17. The summed E-state index contributed by atoms with van der Waals surface area (Å²) in [5.41, 5.74) is 5.92. The summed E-state index contributed by atoms with van der Waals surface area (Å²) in [6.07, 6.45) is 2.05. The molecule has 1 saturated heterocycles.